The number of methoxy groups -OCH3 is 1. The summed E-state index contributed by atoms with van der Waals surface area (Å²) < 4.78 is 23.7. The summed E-state index contributed by atoms with van der Waals surface area (Å²) in [6, 6.07) is 4.33. The number of amides is 1. The van der Waals surface area contributed by atoms with E-state index in [2.05, 4.69) is 5.32 Å². The number of carbonyl (C=O) groups excluding carboxylic acids is 2. The molecule has 0 saturated heterocycles. The molecule has 4 aliphatic carbocycles. The topological polar surface area (TPSA) is 64.6 Å². The van der Waals surface area contributed by atoms with E-state index in [0.29, 0.717) is 5.56 Å². The monoisotopic (exact) mass is 375 g/mol. The van der Waals surface area contributed by atoms with Gasteiger partial charge >= 0.3 is 5.97 Å². The molecule has 0 heterocycles. The minimum atomic E-state index is -0.541. The molecule has 1 aromatic carbocycles. The first-order valence-electron chi connectivity index (χ1n) is 9.74. The summed E-state index contributed by atoms with van der Waals surface area (Å²) in [6.07, 6.45) is 7.02. The second kappa shape index (κ2) is 7.13. The van der Waals surface area contributed by atoms with Crippen molar-refractivity contribution in [1.82, 2.24) is 5.32 Å². The zero-order valence-electron chi connectivity index (χ0n) is 15.6. The van der Waals surface area contributed by atoms with E-state index in [9.17, 15) is 14.0 Å². The lowest BCUT2D eigenvalue weighted by atomic mass is 9.53. The molecular weight excluding hydrogens is 349 g/mol. The number of hydrogen-bond acceptors (Lipinski definition) is 4. The molecule has 0 aromatic heterocycles. The van der Waals surface area contributed by atoms with Crippen LogP contribution in [0, 0.1) is 23.6 Å². The number of ether oxygens (including phenoxy) is 2. The Bertz CT molecular complexity index is 712. The van der Waals surface area contributed by atoms with Gasteiger partial charge in [-0.15, -0.1) is 0 Å². The third-order valence-corrected chi connectivity index (χ3v) is 6.37. The zero-order chi connectivity index (χ0) is 19.0. The van der Waals surface area contributed by atoms with E-state index in [0.717, 1.165) is 37.0 Å². The van der Waals surface area contributed by atoms with E-state index in [1.165, 1.54) is 38.5 Å². The van der Waals surface area contributed by atoms with Crippen molar-refractivity contribution in [2.75, 3.05) is 13.7 Å². The minimum absolute atomic E-state index is 0.0778. The second-order valence-electron chi connectivity index (χ2n) is 8.55. The van der Waals surface area contributed by atoms with Crippen LogP contribution < -0.4 is 10.1 Å². The van der Waals surface area contributed by atoms with Gasteiger partial charge in [0.1, 0.15) is 0 Å². The molecule has 5 rings (SSSR count). The SMILES string of the molecule is COc1ccc(CC(=O)OCC(=O)NC23CC4CC(CC(C4)C2)C3)cc1F. The zero-order valence-corrected chi connectivity index (χ0v) is 15.6. The van der Waals surface area contributed by atoms with Crippen molar-refractivity contribution in [2.45, 2.75) is 50.5 Å². The Balaban J connectivity index is 1.27. The largest absolute Gasteiger partial charge is 0.494 e. The van der Waals surface area contributed by atoms with Crippen LogP contribution in [0.2, 0.25) is 0 Å². The van der Waals surface area contributed by atoms with Gasteiger partial charge in [-0.05, 0) is 74.0 Å². The fraction of sp³-hybridized carbons (Fsp3) is 0.619. The van der Waals surface area contributed by atoms with E-state index >= 15 is 0 Å². The quantitative estimate of drug-likeness (QED) is 0.777. The first-order valence-corrected chi connectivity index (χ1v) is 9.74. The molecule has 4 saturated carbocycles. The number of esters is 1. The third kappa shape index (κ3) is 3.94. The number of rotatable bonds is 6. The first kappa shape index (κ1) is 18.3. The lowest BCUT2D eigenvalue weighted by Crippen LogP contribution is -2.60. The standard InChI is InChI=1S/C21H26FNO4/c1-26-18-3-2-13(7-17(18)22)8-20(25)27-12-19(24)23-21-9-14-4-15(10-21)6-16(5-14)11-21/h2-3,7,14-16H,4-6,8-12H2,1H3,(H,23,24). The van der Waals surface area contributed by atoms with Crippen molar-refractivity contribution in [2.24, 2.45) is 17.8 Å². The van der Waals surface area contributed by atoms with Gasteiger partial charge < -0.3 is 14.8 Å². The van der Waals surface area contributed by atoms with Crippen LogP contribution in [-0.2, 0) is 20.7 Å². The van der Waals surface area contributed by atoms with Crippen LogP contribution in [0.1, 0.15) is 44.1 Å². The van der Waals surface area contributed by atoms with Crippen LogP contribution >= 0.6 is 0 Å². The van der Waals surface area contributed by atoms with Crippen molar-refractivity contribution < 1.29 is 23.5 Å². The molecule has 4 aliphatic rings. The van der Waals surface area contributed by atoms with Gasteiger partial charge in [-0.25, -0.2) is 4.39 Å². The van der Waals surface area contributed by atoms with Gasteiger partial charge in [0.25, 0.3) is 5.91 Å². The summed E-state index contributed by atoms with van der Waals surface area (Å²) in [5.41, 5.74) is 0.400. The number of carbonyl (C=O) groups is 2. The van der Waals surface area contributed by atoms with Crippen LogP contribution in [0.25, 0.3) is 0 Å². The number of halogens is 1. The van der Waals surface area contributed by atoms with Crippen LogP contribution in [0.3, 0.4) is 0 Å². The number of nitrogens with one attached hydrogen (secondary N) is 1. The van der Waals surface area contributed by atoms with Crippen LogP contribution in [0.5, 0.6) is 5.75 Å². The Hall–Kier alpha value is -2.11. The summed E-state index contributed by atoms with van der Waals surface area (Å²) in [6.45, 7) is -0.279. The van der Waals surface area contributed by atoms with Gasteiger partial charge in [-0.2, -0.15) is 0 Å². The van der Waals surface area contributed by atoms with Crippen LogP contribution in [0.15, 0.2) is 18.2 Å². The van der Waals surface area contributed by atoms with Crippen molar-refractivity contribution in [3.05, 3.63) is 29.6 Å². The summed E-state index contributed by atoms with van der Waals surface area (Å²) in [4.78, 5) is 24.3. The van der Waals surface area contributed by atoms with E-state index < -0.39 is 11.8 Å². The molecule has 1 amide bonds. The van der Waals surface area contributed by atoms with Crippen molar-refractivity contribution in [1.29, 1.82) is 0 Å². The predicted molar refractivity (Wildman–Crippen MR) is 96.7 cm³/mol. The number of hydrogen-bond donors (Lipinski definition) is 1. The summed E-state index contributed by atoms with van der Waals surface area (Å²) in [7, 11) is 1.38. The average molecular weight is 375 g/mol. The number of benzene rings is 1. The second-order valence-corrected chi connectivity index (χ2v) is 8.55. The fourth-order valence-electron chi connectivity index (χ4n) is 5.78. The Labute approximate surface area is 158 Å². The molecule has 1 N–H and O–H groups in total. The van der Waals surface area contributed by atoms with Crippen LogP contribution in [-0.4, -0.2) is 31.1 Å². The van der Waals surface area contributed by atoms with Crippen molar-refractivity contribution in [3.63, 3.8) is 0 Å². The normalized spacial score (nSPS) is 30.8. The Morgan fingerprint density at radius 3 is 2.33 bits per heavy atom. The molecule has 0 atom stereocenters. The van der Waals surface area contributed by atoms with Crippen molar-refractivity contribution >= 4 is 11.9 Å². The Kier molecular flexibility index (Phi) is 4.82. The molecular formula is C21H26FNO4. The van der Waals surface area contributed by atoms with Gasteiger partial charge in [0.05, 0.1) is 13.5 Å². The maximum Gasteiger partial charge on any atom is 0.310 e. The molecule has 0 aliphatic heterocycles. The summed E-state index contributed by atoms with van der Waals surface area (Å²) in [5, 5.41) is 3.18. The van der Waals surface area contributed by atoms with E-state index in [4.69, 9.17) is 9.47 Å². The maximum atomic E-state index is 13.7. The molecule has 1 aromatic rings. The highest BCUT2D eigenvalue weighted by Gasteiger charge is 2.51. The average Bonchev–Trinajstić information content (AvgIpc) is 2.58. The maximum absolute atomic E-state index is 13.7. The summed E-state index contributed by atoms with van der Waals surface area (Å²) in [5.74, 6) is 1.05. The molecule has 0 spiro atoms. The molecule has 27 heavy (non-hydrogen) atoms. The first-order chi connectivity index (χ1) is 12.9. The van der Waals surface area contributed by atoms with E-state index in [1.807, 2.05) is 0 Å². The van der Waals surface area contributed by atoms with Gasteiger partial charge in [-0.3, -0.25) is 9.59 Å². The van der Waals surface area contributed by atoms with E-state index in [1.54, 1.807) is 6.07 Å². The van der Waals surface area contributed by atoms with Gasteiger partial charge in [0.15, 0.2) is 18.2 Å². The Morgan fingerprint density at radius 2 is 1.78 bits per heavy atom. The van der Waals surface area contributed by atoms with Gasteiger partial charge in [0.2, 0.25) is 0 Å². The van der Waals surface area contributed by atoms with E-state index in [-0.39, 0.29) is 30.2 Å². The lowest BCUT2D eigenvalue weighted by Gasteiger charge is -2.56. The minimum Gasteiger partial charge on any atom is -0.494 e. The third-order valence-electron chi connectivity index (χ3n) is 6.37. The Morgan fingerprint density at radius 1 is 1.15 bits per heavy atom. The molecule has 5 nitrogen and oxygen atoms in total. The molecule has 4 bridgehead atoms. The van der Waals surface area contributed by atoms with Crippen molar-refractivity contribution in [3.8, 4) is 5.75 Å². The highest BCUT2D eigenvalue weighted by molar-refractivity contribution is 5.81. The highest BCUT2D eigenvalue weighted by Crippen LogP contribution is 2.55. The molecule has 146 valence electrons. The van der Waals surface area contributed by atoms with Crippen LogP contribution in [0.4, 0.5) is 4.39 Å². The fourth-order valence-corrected chi connectivity index (χ4v) is 5.78. The highest BCUT2D eigenvalue weighted by atomic mass is 19.1. The predicted octanol–water partition coefficient (Wildman–Crippen LogP) is 3.01. The van der Waals surface area contributed by atoms with Gasteiger partial charge in [-0.1, -0.05) is 6.07 Å². The summed E-state index contributed by atoms with van der Waals surface area (Å²) >= 11 is 0. The lowest BCUT2D eigenvalue weighted by molar-refractivity contribution is -0.149. The molecule has 0 radical (unpaired) electrons. The molecule has 6 heteroatoms. The molecule has 0 unspecified atom stereocenters. The molecule has 4 fully saturated rings. The smallest absolute Gasteiger partial charge is 0.310 e. The van der Waals surface area contributed by atoms with Gasteiger partial charge in [0, 0.05) is 5.54 Å².